The van der Waals surface area contributed by atoms with Gasteiger partial charge in [0.25, 0.3) is 5.91 Å². The fourth-order valence-corrected chi connectivity index (χ4v) is 2.73. The number of carbonyl (C=O) groups excluding carboxylic acids is 2. The number of imide groups is 1. The molecule has 0 N–H and O–H groups in total. The Kier molecular flexibility index (Phi) is 3.04. The zero-order chi connectivity index (χ0) is 14.1. The van der Waals surface area contributed by atoms with Crippen molar-refractivity contribution in [1.29, 1.82) is 0 Å². The summed E-state index contributed by atoms with van der Waals surface area (Å²) in [7, 11) is 0. The van der Waals surface area contributed by atoms with Crippen LogP contribution in [0.25, 0.3) is 10.4 Å². The van der Waals surface area contributed by atoms with Crippen LogP contribution in [0.5, 0.6) is 0 Å². The number of azide groups is 1. The van der Waals surface area contributed by atoms with Gasteiger partial charge in [-0.25, -0.2) is 4.79 Å². The average molecular weight is 271 g/mol. The van der Waals surface area contributed by atoms with Crippen LogP contribution in [-0.2, 0) is 11.3 Å². The summed E-state index contributed by atoms with van der Waals surface area (Å²) in [6.07, 6.45) is 1.66. The van der Waals surface area contributed by atoms with Crippen LogP contribution >= 0.6 is 0 Å². The Balaban J connectivity index is 1.76. The molecule has 2 aliphatic heterocycles. The number of hydrogen-bond acceptors (Lipinski definition) is 3. The monoisotopic (exact) mass is 271 g/mol. The molecule has 0 spiro atoms. The molecule has 0 radical (unpaired) electrons. The highest BCUT2D eigenvalue weighted by atomic mass is 16.2. The van der Waals surface area contributed by atoms with E-state index in [1.54, 1.807) is 29.2 Å². The third-order valence-corrected chi connectivity index (χ3v) is 3.72. The lowest BCUT2D eigenvalue weighted by molar-refractivity contribution is -0.128. The summed E-state index contributed by atoms with van der Waals surface area (Å²) >= 11 is 0. The second-order valence-electron chi connectivity index (χ2n) is 4.91. The third-order valence-electron chi connectivity index (χ3n) is 3.72. The summed E-state index contributed by atoms with van der Waals surface area (Å²) in [4.78, 5) is 30.0. The van der Waals surface area contributed by atoms with Gasteiger partial charge in [0, 0.05) is 17.1 Å². The quantitative estimate of drug-likeness (QED) is 0.366. The first-order chi connectivity index (χ1) is 9.70. The average Bonchev–Trinajstić information content (AvgIpc) is 3.01. The van der Waals surface area contributed by atoms with Gasteiger partial charge in [0.15, 0.2) is 0 Å². The van der Waals surface area contributed by atoms with Gasteiger partial charge in [0.2, 0.25) is 0 Å². The van der Waals surface area contributed by atoms with Crippen molar-refractivity contribution in [3.63, 3.8) is 0 Å². The molecule has 2 aliphatic rings. The molecule has 7 heteroatoms. The number of urea groups is 1. The summed E-state index contributed by atoms with van der Waals surface area (Å²) in [6.45, 7) is 0.933. The lowest BCUT2D eigenvalue weighted by Crippen LogP contribution is -2.32. The molecular formula is C13H13N5O2. The topological polar surface area (TPSA) is 89.4 Å². The van der Waals surface area contributed by atoms with E-state index in [2.05, 4.69) is 10.0 Å². The van der Waals surface area contributed by atoms with Gasteiger partial charge in [-0.1, -0.05) is 29.4 Å². The second kappa shape index (κ2) is 4.86. The van der Waals surface area contributed by atoms with Crippen LogP contribution in [0.4, 0.5) is 10.5 Å². The van der Waals surface area contributed by atoms with E-state index in [0.717, 1.165) is 18.4 Å². The van der Waals surface area contributed by atoms with Crippen molar-refractivity contribution in [2.24, 2.45) is 5.11 Å². The lowest BCUT2D eigenvalue weighted by atomic mass is 10.2. The Bertz CT molecular complexity index is 584. The highest BCUT2D eigenvalue weighted by Crippen LogP contribution is 2.28. The minimum Gasteiger partial charge on any atom is -0.312 e. The van der Waals surface area contributed by atoms with Crippen LogP contribution in [0.3, 0.4) is 0 Å². The predicted molar refractivity (Wildman–Crippen MR) is 70.9 cm³/mol. The minimum atomic E-state index is -0.259. The lowest BCUT2D eigenvalue weighted by Gasteiger charge is -2.15. The van der Waals surface area contributed by atoms with Gasteiger partial charge in [0.05, 0.1) is 6.54 Å². The van der Waals surface area contributed by atoms with Crippen molar-refractivity contribution >= 4 is 17.6 Å². The number of benzene rings is 1. The zero-order valence-corrected chi connectivity index (χ0v) is 10.8. The molecule has 0 bridgehead atoms. The molecule has 3 amide bonds. The van der Waals surface area contributed by atoms with Gasteiger partial charge in [-0.15, -0.1) is 0 Å². The second-order valence-corrected chi connectivity index (χ2v) is 4.91. The number of amides is 3. The molecule has 1 aromatic rings. The van der Waals surface area contributed by atoms with Crippen LogP contribution in [0.15, 0.2) is 29.4 Å². The maximum absolute atomic E-state index is 12.2. The van der Waals surface area contributed by atoms with E-state index in [4.69, 9.17) is 5.53 Å². The van der Waals surface area contributed by atoms with Crippen molar-refractivity contribution in [2.45, 2.75) is 25.4 Å². The van der Waals surface area contributed by atoms with Gasteiger partial charge in [-0.2, -0.15) is 0 Å². The van der Waals surface area contributed by atoms with Gasteiger partial charge in [-0.05, 0) is 23.9 Å². The van der Waals surface area contributed by atoms with Crippen molar-refractivity contribution in [2.75, 3.05) is 6.54 Å². The van der Waals surface area contributed by atoms with Crippen LogP contribution in [0, 0.1) is 0 Å². The van der Waals surface area contributed by atoms with Gasteiger partial charge in [-0.3, -0.25) is 9.69 Å². The molecule has 3 rings (SSSR count). The number of rotatable bonds is 3. The molecule has 0 aromatic heterocycles. The molecule has 2 saturated heterocycles. The van der Waals surface area contributed by atoms with Crippen LogP contribution in [0.1, 0.15) is 18.4 Å². The Morgan fingerprint density at radius 2 is 2.05 bits per heavy atom. The largest absolute Gasteiger partial charge is 0.327 e. The Morgan fingerprint density at radius 3 is 2.70 bits per heavy atom. The van der Waals surface area contributed by atoms with E-state index >= 15 is 0 Å². The summed E-state index contributed by atoms with van der Waals surface area (Å²) in [6, 6.07) is 6.39. The molecular weight excluding hydrogens is 258 g/mol. The summed E-state index contributed by atoms with van der Waals surface area (Å²) in [5.74, 6) is -0.105. The number of hydrogen-bond donors (Lipinski definition) is 0. The van der Waals surface area contributed by atoms with Gasteiger partial charge in [0.1, 0.15) is 6.04 Å². The zero-order valence-electron chi connectivity index (χ0n) is 10.8. The maximum atomic E-state index is 12.2. The number of nitrogens with zero attached hydrogens (tertiary/aromatic N) is 5. The van der Waals surface area contributed by atoms with Gasteiger partial charge >= 0.3 is 6.03 Å². The number of fused-ring (bicyclic) bond motifs is 1. The molecule has 1 unspecified atom stereocenters. The summed E-state index contributed by atoms with van der Waals surface area (Å²) in [5.41, 5.74) is 9.68. The molecule has 20 heavy (non-hydrogen) atoms. The van der Waals surface area contributed by atoms with Gasteiger partial charge < -0.3 is 4.90 Å². The van der Waals surface area contributed by atoms with Crippen molar-refractivity contribution in [3.8, 4) is 0 Å². The molecule has 0 aliphatic carbocycles. The highest BCUT2D eigenvalue weighted by Gasteiger charge is 2.46. The van der Waals surface area contributed by atoms with E-state index in [-0.39, 0.29) is 24.5 Å². The molecule has 2 heterocycles. The van der Waals surface area contributed by atoms with Crippen LogP contribution in [0.2, 0.25) is 0 Å². The molecule has 7 nitrogen and oxygen atoms in total. The molecule has 1 aromatic carbocycles. The first kappa shape index (κ1) is 12.5. The number of carbonyl (C=O) groups is 2. The van der Waals surface area contributed by atoms with E-state index < -0.39 is 0 Å². The van der Waals surface area contributed by atoms with Crippen LogP contribution in [-0.4, -0.2) is 34.3 Å². The smallest absolute Gasteiger partial charge is 0.312 e. The first-order valence-corrected chi connectivity index (χ1v) is 6.47. The van der Waals surface area contributed by atoms with Crippen molar-refractivity contribution < 1.29 is 9.59 Å². The summed E-state index contributed by atoms with van der Waals surface area (Å²) < 4.78 is 0. The Morgan fingerprint density at radius 1 is 1.30 bits per heavy atom. The molecule has 1 atom stereocenters. The predicted octanol–water partition coefficient (Wildman–Crippen LogP) is 2.56. The first-order valence-electron chi connectivity index (χ1n) is 6.47. The van der Waals surface area contributed by atoms with Crippen molar-refractivity contribution in [3.05, 3.63) is 40.3 Å². The fourth-order valence-electron chi connectivity index (χ4n) is 2.73. The van der Waals surface area contributed by atoms with E-state index in [9.17, 15) is 9.59 Å². The van der Waals surface area contributed by atoms with Crippen LogP contribution < -0.4 is 0 Å². The minimum absolute atomic E-state index is 0.105. The van der Waals surface area contributed by atoms with Crippen molar-refractivity contribution in [1.82, 2.24) is 9.80 Å². The molecule has 2 fully saturated rings. The summed E-state index contributed by atoms with van der Waals surface area (Å²) in [5, 5.41) is 3.48. The molecule has 0 saturated carbocycles. The highest BCUT2D eigenvalue weighted by molar-refractivity contribution is 6.04. The maximum Gasteiger partial charge on any atom is 0.327 e. The fraction of sp³-hybridized carbons (Fsp3) is 0.385. The van der Waals surface area contributed by atoms with E-state index in [0.29, 0.717) is 12.2 Å². The third kappa shape index (κ3) is 1.98. The van der Waals surface area contributed by atoms with E-state index in [1.807, 2.05) is 0 Å². The SMILES string of the molecule is [N-]=[N+]=Nc1ccc(CN2C(=O)C3CCCN3C2=O)cc1. The normalized spacial score (nSPS) is 21.1. The Labute approximate surface area is 115 Å². The standard InChI is InChI=1S/C13H13N5O2/c14-16-15-10-5-3-9(4-6-10)8-18-12(19)11-2-1-7-17(11)13(18)20/h3-6,11H,1-2,7-8H2. The Hall–Kier alpha value is -2.53. The molecule has 102 valence electrons. The van der Waals surface area contributed by atoms with E-state index in [1.165, 1.54) is 4.90 Å².